The Morgan fingerprint density at radius 1 is 1.19 bits per heavy atom. The highest BCUT2D eigenvalue weighted by atomic mass is 35.5. The molecule has 9 heteroatoms. The smallest absolute Gasteiger partial charge is 0.255 e. The summed E-state index contributed by atoms with van der Waals surface area (Å²) in [4.78, 5) is 16.8. The molecule has 0 fully saturated rings. The van der Waals surface area contributed by atoms with Gasteiger partial charge in [0.25, 0.3) is 5.91 Å². The van der Waals surface area contributed by atoms with Crippen molar-refractivity contribution in [1.82, 2.24) is 4.98 Å². The summed E-state index contributed by atoms with van der Waals surface area (Å²) in [5.41, 5.74) is 8.33. The predicted molar refractivity (Wildman–Crippen MR) is 121 cm³/mol. The maximum absolute atomic E-state index is 12.7. The van der Waals surface area contributed by atoms with Crippen LogP contribution >= 0.6 is 11.6 Å². The average molecular weight is 460 g/mol. The van der Waals surface area contributed by atoms with E-state index in [0.29, 0.717) is 16.5 Å². The number of hydrogen-bond acceptors (Lipinski definition) is 6. The predicted octanol–water partition coefficient (Wildman–Crippen LogP) is 4.42. The van der Waals surface area contributed by atoms with E-state index in [1.54, 1.807) is 24.3 Å². The Hall–Kier alpha value is -3.10. The van der Waals surface area contributed by atoms with Crippen LogP contribution < -0.4 is 15.8 Å². The number of aromatic nitrogens is 1. The zero-order valence-corrected chi connectivity index (χ0v) is 18.8. The maximum Gasteiger partial charge on any atom is 0.255 e. The van der Waals surface area contributed by atoms with Crippen molar-refractivity contribution in [3.05, 3.63) is 76.4 Å². The molecule has 3 rings (SSSR count). The van der Waals surface area contributed by atoms with Crippen molar-refractivity contribution in [3.8, 4) is 5.75 Å². The average Bonchev–Trinajstić information content (AvgIpc) is 2.71. The first kappa shape index (κ1) is 22.6. The van der Waals surface area contributed by atoms with Crippen molar-refractivity contribution in [2.24, 2.45) is 0 Å². The quantitative estimate of drug-likeness (QED) is 0.564. The van der Waals surface area contributed by atoms with E-state index in [1.807, 2.05) is 19.9 Å². The summed E-state index contributed by atoms with van der Waals surface area (Å²) in [7, 11) is -3.42. The van der Waals surface area contributed by atoms with Gasteiger partial charge in [0, 0.05) is 29.8 Å². The van der Waals surface area contributed by atoms with Gasteiger partial charge >= 0.3 is 0 Å². The molecule has 0 unspecified atom stereocenters. The van der Waals surface area contributed by atoms with Crippen LogP contribution in [-0.4, -0.2) is 25.6 Å². The second kappa shape index (κ2) is 8.95. The van der Waals surface area contributed by atoms with E-state index in [9.17, 15) is 13.2 Å². The van der Waals surface area contributed by atoms with E-state index in [1.165, 1.54) is 24.4 Å². The van der Waals surface area contributed by atoms with Gasteiger partial charge in [-0.05, 0) is 49.2 Å². The van der Waals surface area contributed by atoms with Gasteiger partial charge in [0.1, 0.15) is 6.10 Å². The summed E-state index contributed by atoms with van der Waals surface area (Å²) >= 11 is 5.97. The minimum Gasteiger partial charge on any atom is -0.482 e. The van der Waals surface area contributed by atoms with Crippen molar-refractivity contribution < 1.29 is 17.9 Å². The first-order chi connectivity index (χ1) is 14.6. The molecule has 0 saturated carbocycles. The molecule has 0 bridgehead atoms. The zero-order valence-electron chi connectivity index (χ0n) is 17.2. The summed E-state index contributed by atoms with van der Waals surface area (Å²) in [5, 5.41) is 3.25. The standard InChI is InChI=1S/C22H22ClN3O4S/c1-13-18(14(2)30-20-11-16(23)12-25-21(20)24)8-5-9-19(13)26-22(27)15-6-4-7-17(10-15)31(3,28)29/h4-12,14H,1-3H3,(H2,24,25)(H,26,27)/t14-/m1/s1. The summed E-state index contributed by atoms with van der Waals surface area (Å²) in [5.74, 6) is 0.179. The largest absolute Gasteiger partial charge is 0.482 e. The van der Waals surface area contributed by atoms with Crippen LogP contribution in [0, 0.1) is 6.92 Å². The number of nitrogens with one attached hydrogen (secondary N) is 1. The van der Waals surface area contributed by atoms with Gasteiger partial charge in [0.2, 0.25) is 0 Å². The number of benzene rings is 2. The molecule has 1 aromatic heterocycles. The molecule has 1 amide bonds. The number of carbonyl (C=O) groups excluding carboxylic acids is 1. The van der Waals surface area contributed by atoms with Gasteiger partial charge in [-0.1, -0.05) is 29.8 Å². The molecule has 1 atom stereocenters. The Labute approximate surface area is 186 Å². The molecular formula is C22H22ClN3O4S. The van der Waals surface area contributed by atoms with Crippen LogP contribution in [0.15, 0.2) is 59.6 Å². The van der Waals surface area contributed by atoms with Gasteiger partial charge in [-0.2, -0.15) is 0 Å². The number of pyridine rings is 1. The number of ether oxygens (including phenoxy) is 1. The maximum atomic E-state index is 12.7. The molecule has 7 nitrogen and oxygen atoms in total. The van der Waals surface area contributed by atoms with E-state index < -0.39 is 21.8 Å². The molecule has 1 heterocycles. The second-order valence-electron chi connectivity index (χ2n) is 7.07. The van der Waals surface area contributed by atoms with E-state index >= 15 is 0 Å². The van der Waals surface area contributed by atoms with Crippen molar-refractivity contribution in [1.29, 1.82) is 0 Å². The number of anilines is 2. The van der Waals surface area contributed by atoms with Crippen LogP contribution in [0.1, 0.15) is 34.5 Å². The van der Waals surface area contributed by atoms with Crippen molar-refractivity contribution in [2.75, 3.05) is 17.3 Å². The number of rotatable bonds is 6. The van der Waals surface area contributed by atoms with E-state index in [-0.39, 0.29) is 16.3 Å². The molecule has 0 aliphatic heterocycles. The Morgan fingerprint density at radius 2 is 1.90 bits per heavy atom. The number of halogens is 1. The van der Waals surface area contributed by atoms with Crippen molar-refractivity contribution in [3.63, 3.8) is 0 Å². The van der Waals surface area contributed by atoms with Crippen LogP contribution in [-0.2, 0) is 9.84 Å². The van der Waals surface area contributed by atoms with Crippen LogP contribution in [0.3, 0.4) is 0 Å². The number of nitrogen functional groups attached to an aromatic ring is 1. The highest BCUT2D eigenvalue weighted by Crippen LogP contribution is 2.31. The fourth-order valence-electron chi connectivity index (χ4n) is 3.07. The highest BCUT2D eigenvalue weighted by molar-refractivity contribution is 7.90. The van der Waals surface area contributed by atoms with Gasteiger partial charge in [-0.15, -0.1) is 0 Å². The monoisotopic (exact) mass is 459 g/mol. The minimum absolute atomic E-state index is 0.0837. The summed E-state index contributed by atoms with van der Waals surface area (Å²) in [6.45, 7) is 3.71. The van der Waals surface area contributed by atoms with Gasteiger partial charge in [0.05, 0.1) is 9.92 Å². The number of nitrogens with two attached hydrogens (primary N) is 1. The van der Waals surface area contributed by atoms with Crippen molar-refractivity contribution >= 4 is 38.9 Å². The number of hydrogen-bond donors (Lipinski definition) is 2. The molecule has 0 aliphatic rings. The normalized spacial score (nSPS) is 12.3. The molecule has 162 valence electrons. The Morgan fingerprint density at radius 3 is 2.61 bits per heavy atom. The lowest BCUT2D eigenvalue weighted by Crippen LogP contribution is -2.15. The second-order valence-corrected chi connectivity index (χ2v) is 9.52. The lowest BCUT2D eigenvalue weighted by atomic mass is 10.0. The fraction of sp³-hybridized carbons (Fsp3) is 0.182. The van der Waals surface area contributed by atoms with Gasteiger partial charge in [-0.3, -0.25) is 4.79 Å². The Balaban J connectivity index is 1.84. The van der Waals surface area contributed by atoms with E-state index in [2.05, 4.69) is 10.3 Å². The minimum atomic E-state index is -3.42. The summed E-state index contributed by atoms with van der Waals surface area (Å²) in [6.07, 6.45) is 2.14. The molecular weight excluding hydrogens is 438 g/mol. The Kier molecular flexibility index (Phi) is 6.52. The molecule has 3 N–H and O–H groups in total. The Bertz CT molecular complexity index is 1250. The number of amides is 1. The summed E-state index contributed by atoms with van der Waals surface area (Å²) < 4.78 is 29.5. The number of sulfone groups is 1. The third-order valence-electron chi connectivity index (χ3n) is 4.74. The van der Waals surface area contributed by atoms with Crippen LogP contribution in [0.25, 0.3) is 0 Å². The van der Waals surface area contributed by atoms with Gasteiger partial charge in [0.15, 0.2) is 21.4 Å². The first-order valence-corrected chi connectivity index (χ1v) is 11.6. The lowest BCUT2D eigenvalue weighted by molar-refractivity contribution is 0.102. The first-order valence-electron chi connectivity index (χ1n) is 9.35. The number of carbonyl (C=O) groups is 1. The fourth-order valence-corrected chi connectivity index (χ4v) is 3.89. The zero-order chi connectivity index (χ0) is 22.8. The molecule has 31 heavy (non-hydrogen) atoms. The van der Waals surface area contributed by atoms with Crippen LogP contribution in [0.4, 0.5) is 11.5 Å². The molecule has 3 aromatic rings. The molecule has 2 aromatic carbocycles. The van der Waals surface area contributed by atoms with Crippen molar-refractivity contribution in [2.45, 2.75) is 24.8 Å². The van der Waals surface area contributed by atoms with Crippen LogP contribution in [0.5, 0.6) is 5.75 Å². The van der Waals surface area contributed by atoms with Gasteiger partial charge < -0.3 is 15.8 Å². The third-order valence-corrected chi connectivity index (χ3v) is 6.06. The number of nitrogens with zero attached hydrogens (tertiary/aromatic N) is 1. The van der Waals surface area contributed by atoms with Gasteiger partial charge in [-0.25, -0.2) is 13.4 Å². The summed E-state index contributed by atoms with van der Waals surface area (Å²) in [6, 6.07) is 12.9. The SMILES string of the molecule is Cc1c(NC(=O)c2cccc(S(C)(=O)=O)c2)cccc1[C@@H](C)Oc1cc(Cl)cnc1N. The molecule has 0 radical (unpaired) electrons. The molecule has 0 aliphatic carbocycles. The molecule has 0 spiro atoms. The van der Waals surface area contributed by atoms with E-state index in [4.69, 9.17) is 22.1 Å². The van der Waals surface area contributed by atoms with E-state index in [0.717, 1.165) is 17.4 Å². The highest BCUT2D eigenvalue weighted by Gasteiger charge is 2.17. The lowest BCUT2D eigenvalue weighted by Gasteiger charge is -2.20. The topological polar surface area (TPSA) is 111 Å². The van der Waals surface area contributed by atoms with Crippen LogP contribution in [0.2, 0.25) is 5.02 Å². The molecule has 0 saturated heterocycles. The third kappa shape index (κ3) is 5.34.